The molecule has 0 aliphatic heterocycles. The van der Waals surface area contributed by atoms with Crippen LogP contribution >= 0.6 is 0 Å². The molecule has 2 aromatic heterocycles. The molecule has 0 atom stereocenters. The highest BCUT2D eigenvalue weighted by Gasteiger charge is 2.09. The third kappa shape index (κ3) is 3.45. The normalized spacial score (nSPS) is 10.5. The molecule has 0 aliphatic carbocycles. The van der Waals surface area contributed by atoms with E-state index in [1.165, 1.54) is 0 Å². The van der Waals surface area contributed by atoms with Gasteiger partial charge in [-0.15, -0.1) is 0 Å². The number of rotatable bonds is 5. The van der Waals surface area contributed by atoms with Crippen LogP contribution in [0.15, 0.2) is 63.8 Å². The molecule has 1 aromatic carbocycles. The van der Waals surface area contributed by atoms with E-state index in [1.54, 1.807) is 18.6 Å². The molecule has 118 valence electrons. The van der Waals surface area contributed by atoms with Crippen LogP contribution in [0.4, 0.5) is 5.69 Å². The van der Waals surface area contributed by atoms with Gasteiger partial charge in [0.15, 0.2) is 0 Å². The third-order valence-corrected chi connectivity index (χ3v) is 3.52. The number of carbonyl (C=O) groups excluding carboxylic acids is 1. The number of anilines is 1. The zero-order valence-electron chi connectivity index (χ0n) is 13.1. The molecule has 5 heteroatoms. The van der Waals surface area contributed by atoms with E-state index in [0.29, 0.717) is 17.9 Å². The van der Waals surface area contributed by atoms with Crippen LogP contribution in [-0.2, 0) is 6.54 Å². The minimum Gasteiger partial charge on any atom is -0.472 e. The maximum atomic E-state index is 12.2. The number of hydrogen-bond acceptors (Lipinski definition) is 4. The molecule has 1 amide bonds. The smallest absolute Gasteiger partial charge is 0.251 e. The molecule has 23 heavy (non-hydrogen) atoms. The molecule has 0 bridgehead atoms. The number of hydrogen-bond donors (Lipinski definition) is 1. The summed E-state index contributed by atoms with van der Waals surface area (Å²) in [6, 6.07) is 13.0. The fourth-order valence-corrected chi connectivity index (χ4v) is 2.23. The number of furan rings is 2. The standard InChI is InChI=1S/C18H18N2O3/c1-20(2)15-5-3-4-13(10-15)18(21)19-11-16-6-7-17(23-16)14-8-9-22-12-14/h3-10,12H,11H2,1-2H3,(H,19,21). The monoisotopic (exact) mass is 310 g/mol. The quantitative estimate of drug-likeness (QED) is 0.783. The van der Waals surface area contributed by atoms with Crippen LogP contribution < -0.4 is 10.2 Å². The van der Waals surface area contributed by atoms with E-state index >= 15 is 0 Å². The van der Waals surface area contributed by atoms with Crippen molar-refractivity contribution in [3.05, 3.63) is 66.3 Å². The van der Waals surface area contributed by atoms with Crippen molar-refractivity contribution in [2.24, 2.45) is 0 Å². The highest BCUT2D eigenvalue weighted by atomic mass is 16.3. The van der Waals surface area contributed by atoms with Gasteiger partial charge in [-0.1, -0.05) is 6.07 Å². The largest absolute Gasteiger partial charge is 0.472 e. The molecule has 1 N–H and O–H groups in total. The van der Waals surface area contributed by atoms with Crippen LogP contribution in [-0.4, -0.2) is 20.0 Å². The van der Waals surface area contributed by atoms with Crippen LogP contribution in [0, 0.1) is 0 Å². The summed E-state index contributed by atoms with van der Waals surface area (Å²) in [5, 5.41) is 2.87. The van der Waals surface area contributed by atoms with Crippen molar-refractivity contribution in [2.45, 2.75) is 6.54 Å². The first-order valence-corrected chi connectivity index (χ1v) is 7.30. The summed E-state index contributed by atoms with van der Waals surface area (Å²) in [6.45, 7) is 0.336. The minimum absolute atomic E-state index is 0.130. The van der Waals surface area contributed by atoms with Gasteiger partial charge in [0.05, 0.1) is 18.4 Å². The summed E-state index contributed by atoms with van der Waals surface area (Å²) in [5.41, 5.74) is 2.48. The lowest BCUT2D eigenvalue weighted by atomic mass is 10.2. The Morgan fingerprint density at radius 3 is 2.78 bits per heavy atom. The van der Waals surface area contributed by atoms with E-state index in [0.717, 1.165) is 17.0 Å². The van der Waals surface area contributed by atoms with Gasteiger partial charge in [-0.3, -0.25) is 4.79 Å². The van der Waals surface area contributed by atoms with Crippen molar-refractivity contribution in [1.82, 2.24) is 5.32 Å². The zero-order valence-corrected chi connectivity index (χ0v) is 13.1. The second-order valence-electron chi connectivity index (χ2n) is 5.41. The lowest BCUT2D eigenvalue weighted by molar-refractivity contribution is 0.0948. The van der Waals surface area contributed by atoms with Crippen molar-refractivity contribution in [3.8, 4) is 11.3 Å². The molecule has 0 unspecified atom stereocenters. The van der Waals surface area contributed by atoms with Crippen molar-refractivity contribution >= 4 is 11.6 Å². The molecular formula is C18H18N2O3. The molecule has 0 fully saturated rings. The Hall–Kier alpha value is -2.95. The van der Waals surface area contributed by atoms with E-state index in [9.17, 15) is 4.79 Å². The maximum absolute atomic E-state index is 12.2. The second-order valence-corrected chi connectivity index (χ2v) is 5.41. The molecule has 2 heterocycles. The van der Waals surface area contributed by atoms with Gasteiger partial charge in [0, 0.05) is 25.3 Å². The molecular weight excluding hydrogens is 292 g/mol. The van der Waals surface area contributed by atoms with Crippen LogP contribution in [0.5, 0.6) is 0 Å². The zero-order chi connectivity index (χ0) is 16.2. The van der Waals surface area contributed by atoms with Crippen molar-refractivity contribution in [2.75, 3.05) is 19.0 Å². The van der Waals surface area contributed by atoms with E-state index in [1.807, 2.05) is 55.4 Å². The van der Waals surface area contributed by atoms with Gasteiger partial charge in [-0.2, -0.15) is 0 Å². The first kappa shape index (κ1) is 15.0. The van der Waals surface area contributed by atoms with Crippen LogP contribution in [0.25, 0.3) is 11.3 Å². The van der Waals surface area contributed by atoms with Crippen LogP contribution in [0.3, 0.4) is 0 Å². The average Bonchev–Trinajstić information content (AvgIpc) is 3.23. The van der Waals surface area contributed by atoms with Gasteiger partial charge < -0.3 is 19.1 Å². The fraction of sp³-hybridized carbons (Fsp3) is 0.167. The molecule has 3 rings (SSSR count). The Morgan fingerprint density at radius 1 is 1.17 bits per heavy atom. The van der Waals surface area contributed by atoms with Crippen molar-refractivity contribution in [1.29, 1.82) is 0 Å². The number of nitrogens with zero attached hydrogens (tertiary/aromatic N) is 1. The summed E-state index contributed by atoms with van der Waals surface area (Å²) in [4.78, 5) is 14.2. The fourth-order valence-electron chi connectivity index (χ4n) is 2.23. The van der Waals surface area contributed by atoms with Gasteiger partial charge in [0.2, 0.25) is 0 Å². The first-order valence-electron chi connectivity index (χ1n) is 7.30. The maximum Gasteiger partial charge on any atom is 0.251 e. The Kier molecular flexibility index (Phi) is 4.19. The number of carbonyl (C=O) groups is 1. The van der Waals surface area contributed by atoms with E-state index < -0.39 is 0 Å². The summed E-state index contributed by atoms with van der Waals surface area (Å²) >= 11 is 0. The Labute approximate surface area is 134 Å². The van der Waals surface area contributed by atoms with Crippen LogP contribution in [0.1, 0.15) is 16.1 Å². The molecule has 0 aliphatic rings. The molecule has 0 spiro atoms. The van der Waals surface area contributed by atoms with Gasteiger partial charge in [-0.05, 0) is 36.4 Å². The summed E-state index contributed by atoms with van der Waals surface area (Å²) in [7, 11) is 3.88. The average molecular weight is 310 g/mol. The van der Waals surface area contributed by atoms with Gasteiger partial charge >= 0.3 is 0 Å². The minimum atomic E-state index is -0.130. The number of benzene rings is 1. The lowest BCUT2D eigenvalue weighted by Gasteiger charge is -2.13. The summed E-state index contributed by atoms with van der Waals surface area (Å²) in [5.74, 6) is 1.28. The first-order chi connectivity index (χ1) is 11.1. The van der Waals surface area contributed by atoms with Crippen LogP contribution in [0.2, 0.25) is 0 Å². The van der Waals surface area contributed by atoms with Gasteiger partial charge in [0.1, 0.15) is 17.8 Å². The number of amides is 1. The van der Waals surface area contributed by atoms with Crippen molar-refractivity contribution in [3.63, 3.8) is 0 Å². The molecule has 0 saturated carbocycles. The summed E-state index contributed by atoms with van der Waals surface area (Å²) in [6.07, 6.45) is 3.21. The predicted octanol–water partition coefficient (Wildman–Crippen LogP) is 3.54. The Balaban J connectivity index is 1.64. The number of nitrogens with one attached hydrogen (secondary N) is 1. The van der Waals surface area contributed by atoms with Gasteiger partial charge in [0.25, 0.3) is 5.91 Å². The van der Waals surface area contributed by atoms with Gasteiger partial charge in [-0.25, -0.2) is 0 Å². The second kappa shape index (κ2) is 6.44. The third-order valence-electron chi connectivity index (χ3n) is 3.52. The van der Waals surface area contributed by atoms with E-state index in [4.69, 9.17) is 8.83 Å². The summed E-state index contributed by atoms with van der Waals surface area (Å²) < 4.78 is 10.7. The molecule has 0 saturated heterocycles. The predicted molar refractivity (Wildman–Crippen MR) is 88.3 cm³/mol. The SMILES string of the molecule is CN(C)c1cccc(C(=O)NCc2ccc(-c3ccoc3)o2)c1. The van der Waals surface area contributed by atoms with E-state index in [2.05, 4.69) is 5.32 Å². The molecule has 5 nitrogen and oxygen atoms in total. The molecule has 0 radical (unpaired) electrons. The Bertz CT molecular complexity index is 788. The lowest BCUT2D eigenvalue weighted by Crippen LogP contribution is -2.22. The Morgan fingerprint density at radius 2 is 2.04 bits per heavy atom. The van der Waals surface area contributed by atoms with Crippen molar-refractivity contribution < 1.29 is 13.6 Å². The van der Waals surface area contributed by atoms with E-state index in [-0.39, 0.29) is 5.91 Å². The molecule has 3 aromatic rings. The highest BCUT2D eigenvalue weighted by Crippen LogP contribution is 2.22. The topological polar surface area (TPSA) is 58.6 Å². The highest BCUT2D eigenvalue weighted by molar-refractivity contribution is 5.95.